The molecule has 0 spiro atoms. The minimum Gasteiger partial charge on any atom is -0.370 e. The van der Waals surface area contributed by atoms with Crippen LogP contribution in [-0.2, 0) is 9.53 Å². The SMILES string of the molecule is CCC(C)CC(=O)C1(OC)CCC(C)CC1. The van der Waals surface area contributed by atoms with Gasteiger partial charge >= 0.3 is 0 Å². The second-order valence-electron chi connectivity index (χ2n) is 5.52. The number of Topliss-reactive ketones (excluding diaryl/α,β-unsaturated/α-hetero) is 1. The number of ketones is 1. The van der Waals surface area contributed by atoms with Gasteiger partial charge in [-0.15, -0.1) is 0 Å². The molecule has 1 aliphatic carbocycles. The molecular weight excluding hydrogens is 200 g/mol. The number of ether oxygens (including phenoxy) is 1. The molecule has 1 unspecified atom stereocenters. The molecule has 0 aromatic rings. The zero-order chi connectivity index (χ0) is 12.2. The van der Waals surface area contributed by atoms with E-state index in [0.717, 1.165) is 38.0 Å². The van der Waals surface area contributed by atoms with Gasteiger partial charge in [0, 0.05) is 13.5 Å². The van der Waals surface area contributed by atoms with Gasteiger partial charge in [0.1, 0.15) is 5.60 Å². The number of rotatable bonds is 5. The Kier molecular flexibility index (Phi) is 4.97. The third-order valence-electron chi connectivity index (χ3n) is 4.21. The van der Waals surface area contributed by atoms with E-state index in [2.05, 4.69) is 20.8 Å². The van der Waals surface area contributed by atoms with Crippen molar-refractivity contribution in [2.45, 2.75) is 64.9 Å². The molecule has 1 atom stereocenters. The van der Waals surface area contributed by atoms with Crippen molar-refractivity contribution >= 4 is 5.78 Å². The van der Waals surface area contributed by atoms with Gasteiger partial charge in [0.05, 0.1) is 0 Å². The molecule has 1 saturated carbocycles. The summed E-state index contributed by atoms with van der Waals surface area (Å²) in [7, 11) is 1.70. The lowest BCUT2D eigenvalue weighted by molar-refractivity contribution is -0.147. The Morgan fingerprint density at radius 1 is 1.44 bits per heavy atom. The van der Waals surface area contributed by atoms with Gasteiger partial charge in [-0.25, -0.2) is 0 Å². The molecule has 0 saturated heterocycles. The van der Waals surface area contributed by atoms with Crippen LogP contribution in [0.25, 0.3) is 0 Å². The number of methoxy groups -OCH3 is 1. The van der Waals surface area contributed by atoms with E-state index in [1.165, 1.54) is 0 Å². The van der Waals surface area contributed by atoms with Crippen molar-refractivity contribution < 1.29 is 9.53 Å². The van der Waals surface area contributed by atoms with Crippen LogP contribution in [0.15, 0.2) is 0 Å². The predicted molar refractivity (Wildman–Crippen MR) is 66.5 cm³/mol. The second kappa shape index (κ2) is 5.81. The topological polar surface area (TPSA) is 26.3 Å². The standard InChI is InChI=1S/C14H26O2/c1-5-11(2)10-13(15)14(16-4)8-6-12(3)7-9-14/h11-12H,5-10H2,1-4H3. The number of hydrogen-bond donors (Lipinski definition) is 0. The van der Waals surface area contributed by atoms with Crippen molar-refractivity contribution in [2.24, 2.45) is 11.8 Å². The Hall–Kier alpha value is -0.370. The lowest BCUT2D eigenvalue weighted by atomic mass is 9.75. The first-order valence-electron chi connectivity index (χ1n) is 6.62. The van der Waals surface area contributed by atoms with E-state index in [1.807, 2.05) is 0 Å². The van der Waals surface area contributed by atoms with E-state index in [1.54, 1.807) is 7.11 Å². The van der Waals surface area contributed by atoms with Crippen LogP contribution in [-0.4, -0.2) is 18.5 Å². The fourth-order valence-electron chi connectivity index (χ4n) is 2.47. The Labute approximate surface area is 99.8 Å². The molecule has 0 aromatic heterocycles. The highest BCUT2D eigenvalue weighted by atomic mass is 16.5. The van der Waals surface area contributed by atoms with E-state index < -0.39 is 5.60 Å². The minimum absolute atomic E-state index is 0.330. The zero-order valence-electron chi connectivity index (χ0n) is 11.2. The average molecular weight is 226 g/mol. The van der Waals surface area contributed by atoms with Gasteiger partial charge in [0.2, 0.25) is 0 Å². The third-order valence-corrected chi connectivity index (χ3v) is 4.21. The molecule has 2 heteroatoms. The van der Waals surface area contributed by atoms with Crippen LogP contribution in [0.1, 0.15) is 59.3 Å². The van der Waals surface area contributed by atoms with Gasteiger partial charge in [-0.1, -0.05) is 27.2 Å². The van der Waals surface area contributed by atoms with Crippen molar-refractivity contribution in [2.75, 3.05) is 7.11 Å². The largest absolute Gasteiger partial charge is 0.370 e. The first kappa shape index (κ1) is 13.7. The summed E-state index contributed by atoms with van der Waals surface area (Å²) in [6, 6.07) is 0. The van der Waals surface area contributed by atoms with Crippen molar-refractivity contribution in [3.05, 3.63) is 0 Å². The maximum atomic E-state index is 12.3. The molecule has 0 aromatic carbocycles. The molecule has 94 valence electrons. The van der Waals surface area contributed by atoms with E-state index in [9.17, 15) is 4.79 Å². The fourth-order valence-corrected chi connectivity index (χ4v) is 2.47. The Bertz CT molecular complexity index is 227. The van der Waals surface area contributed by atoms with Crippen molar-refractivity contribution in [3.8, 4) is 0 Å². The quantitative estimate of drug-likeness (QED) is 0.716. The van der Waals surface area contributed by atoms with E-state index in [-0.39, 0.29) is 0 Å². The maximum absolute atomic E-state index is 12.3. The summed E-state index contributed by atoms with van der Waals surface area (Å²) in [6.45, 7) is 6.55. The van der Waals surface area contributed by atoms with Gasteiger partial charge in [0.15, 0.2) is 5.78 Å². The molecule has 0 N–H and O–H groups in total. The first-order valence-corrected chi connectivity index (χ1v) is 6.62. The van der Waals surface area contributed by atoms with Gasteiger partial charge < -0.3 is 4.74 Å². The van der Waals surface area contributed by atoms with Crippen molar-refractivity contribution in [1.82, 2.24) is 0 Å². The van der Waals surface area contributed by atoms with Gasteiger partial charge in [0.25, 0.3) is 0 Å². The number of hydrogen-bond acceptors (Lipinski definition) is 2. The van der Waals surface area contributed by atoms with Crippen LogP contribution in [0.4, 0.5) is 0 Å². The molecule has 0 aliphatic heterocycles. The summed E-state index contributed by atoms with van der Waals surface area (Å²) in [6.07, 6.45) is 5.83. The minimum atomic E-state index is -0.448. The highest BCUT2D eigenvalue weighted by molar-refractivity contribution is 5.87. The summed E-state index contributed by atoms with van der Waals surface area (Å²) < 4.78 is 5.58. The number of carbonyl (C=O) groups is 1. The molecule has 16 heavy (non-hydrogen) atoms. The summed E-state index contributed by atoms with van der Waals surface area (Å²) in [5.41, 5.74) is -0.448. The Morgan fingerprint density at radius 3 is 2.44 bits per heavy atom. The highest BCUT2D eigenvalue weighted by Crippen LogP contribution is 2.36. The lowest BCUT2D eigenvalue weighted by Gasteiger charge is -2.37. The Balaban J connectivity index is 2.62. The molecule has 0 amide bonds. The molecule has 1 fully saturated rings. The second-order valence-corrected chi connectivity index (χ2v) is 5.52. The Morgan fingerprint density at radius 2 is 2.00 bits per heavy atom. The van der Waals surface area contributed by atoms with Crippen LogP contribution < -0.4 is 0 Å². The lowest BCUT2D eigenvalue weighted by Crippen LogP contribution is -2.44. The molecule has 1 rings (SSSR count). The van der Waals surface area contributed by atoms with Crippen LogP contribution >= 0.6 is 0 Å². The molecular formula is C14H26O2. The van der Waals surface area contributed by atoms with Crippen LogP contribution in [0, 0.1) is 11.8 Å². The van der Waals surface area contributed by atoms with Crippen LogP contribution in [0.3, 0.4) is 0 Å². The first-order chi connectivity index (χ1) is 7.54. The van der Waals surface area contributed by atoms with Gasteiger partial charge in [-0.2, -0.15) is 0 Å². The molecule has 0 heterocycles. The average Bonchev–Trinajstić information content (AvgIpc) is 2.30. The van der Waals surface area contributed by atoms with Gasteiger partial charge in [-0.05, 0) is 37.5 Å². The number of carbonyl (C=O) groups excluding carboxylic acids is 1. The summed E-state index contributed by atoms with van der Waals surface area (Å²) in [5, 5.41) is 0. The molecule has 1 aliphatic rings. The molecule has 0 radical (unpaired) electrons. The monoisotopic (exact) mass is 226 g/mol. The smallest absolute Gasteiger partial charge is 0.164 e. The third kappa shape index (κ3) is 3.07. The summed E-state index contributed by atoms with van der Waals surface area (Å²) in [4.78, 5) is 12.3. The highest BCUT2D eigenvalue weighted by Gasteiger charge is 2.40. The molecule has 2 nitrogen and oxygen atoms in total. The molecule has 0 bridgehead atoms. The summed E-state index contributed by atoms with van der Waals surface area (Å²) >= 11 is 0. The van der Waals surface area contributed by atoms with E-state index in [4.69, 9.17) is 4.74 Å². The predicted octanol–water partition coefficient (Wildman–Crippen LogP) is 3.59. The summed E-state index contributed by atoms with van der Waals surface area (Å²) in [5.74, 6) is 1.56. The van der Waals surface area contributed by atoms with Gasteiger partial charge in [-0.3, -0.25) is 4.79 Å². The zero-order valence-corrected chi connectivity index (χ0v) is 11.2. The van der Waals surface area contributed by atoms with E-state index in [0.29, 0.717) is 18.1 Å². The van der Waals surface area contributed by atoms with Crippen LogP contribution in [0.2, 0.25) is 0 Å². The maximum Gasteiger partial charge on any atom is 0.164 e. The van der Waals surface area contributed by atoms with E-state index >= 15 is 0 Å². The normalized spacial score (nSPS) is 32.4. The van der Waals surface area contributed by atoms with Crippen LogP contribution in [0.5, 0.6) is 0 Å². The van der Waals surface area contributed by atoms with Crippen molar-refractivity contribution in [3.63, 3.8) is 0 Å². The fraction of sp³-hybridized carbons (Fsp3) is 0.929. The van der Waals surface area contributed by atoms with Crippen molar-refractivity contribution in [1.29, 1.82) is 0 Å².